The molecule has 1 amide bonds. The first-order valence-corrected chi connectivity index (χ1v) is 4.15. The predicted molar refractivity (Wildman–Crippen MR) is 46.0 cm³/mol. The largest absolute Gasteiger partial charge is 0.467 e. The van der Waals surface area contributed by atoms with Crippen molar-refractivity contribution in [3.63, 3.8) is 0 Å². The molecule has 0 spiro atoms. The van der Waals surface area contributed by atoms with Gasteiger partial charge in [0.05, 0.1) is 12.8 Å². The Balaban J connectivity index is 2.32. The lowest BCUT2D eigenvalue weighted by molar-refractivity contribution is -0.119. The van der Waals surface area contributed by atoms with E-state index in [1.165, 1.54) is 6.26 Å². The number of amides is 1. The van der Waals surface area contributed by atoms with Gasteiger partial charge in [-0.3, -0.25) is 4.79 Å². The van der Waals surface area contributed by atoms with Crippen LogP contribution in [-0.4, -0.2) is 10.7 Å². The van der Waals surface area contributed by atoms with Crippen LogP contribution in [0.2, 0.25) is 0 Å². The standard InChI is InChI=1S/C7H7Cl2NO2/c8-6(9)7(11)10-4-5-2-1-3-12-5/h1-3,6H,4H2,(H,10,11). The third-order valence-corrected chi connectivity index (χ3v) is 1.61. The topological polar surface area (TPSA) is 42.2 Å². The van der Waals surface area contributed by atoms with Crippen molar-refractivity contribution in [3.05, 3.63) is 24.2 Å². The molecule has 0 unspecified atom stereocenters. The molecule has 0 saturated heterocycles. The van der Waals surface area contributed by atoms with Gasteiger partial charge in [0.1, 0.15) is 5.76 Å². The van der Waals surface area contributed by atoms with Crippen LogP contribution in [0, 0.1) is 0 Å². The molecule has 0 bridgehead atoms. The van der Waals surface area contributed by atoms with Crippen molar-refractivity contribution in [2.45, 2.75) is 11.4 Å². The van der Waals surface area contributed by atoms with Crippen LogP contribution in [0.15, 0.2) is 22.8 Å². The third-order valence-electron chi connectivity index (χ3n) is 1.22. The minimum Gasteiger partial charge on any atom is -0.467 e. The molecule has 66 valence electrons. The Morgan fingerprint density at radius 3 is 2.92 bits per heavy atom. The van der Waals surface area contributed by atoms with Gasteiger partial charge in [-0.2, -0.15) is 0 Å². The van der Waals surface area contributed by atoms with Crippen LogP contribution in [0.5, 0.6) is 0 Å². The average Bonchev–Trinajstić information content (AvgIpc) is 2.51. The van der Waals surface area contributed by atoms with E-state index < -0.39 is 10.7 Å². The van der Waals surface area contributed by atoms with E-state index in [1.54, 1.807) is 12.1 Å². The van der Waals surface area contributed by atoms with Crippen LogP contribution in [0.25, 0.3) is 0 Å². The molecule has 0 radical (unpaired) electrons. The number of alkyl halides is 2. The fraction of sp³-hybridized carbons (Fsp3) is 0.286. The lowest BCUT2D eigenvalue weighted by Gasteiger charge is -2.01. The quantitative estimate of drug-likeness (QED) is 0.768. The number of carbonyl (C=O) groups is 1. The summed E-state index contributed by atoms with van der Waals surface area (Å²) in [6.07, 6.45) is 1.53. The summed E-state index contributed by atoms with van der Waals surface area (Å²) >= 11 is 10.6. The Bertz CT molecular complexity index is 246. The smallest absolute Gasteiger partial charge is 0.253 e. The molecular weight excluding hydrogens is 201 g/mol. The first-order valence-electron chi connectivity index (χ1n) is 3.28. The maximum Gasteiger partial charge on any atom is 0.253 e. The molecule has 0 atom stereocenters. The first kappa shape index (κ1) is 9.42. The minimum absolute atomic E-state index is 0.307. The highest BCUT2D eigenvalue weighted by Crippen LogP contribution is 2.03. The summed E-state index contributed by atoms with van der Waals surface area (Å²) in [5.74, 6) is 0.243. The van der Waals surface area contributed by atoms with Gasteiger partial charge in [0.25, 0.3) is 5.91 Å². The van der Waals surface area contributed by atoms with Gasteiger partial charge in [-0.25, -0.2) is 0 Å². The van der Waals surface area contributed by atoms with Crippen molar-refractivity contribution in [1.29, 1.82) is 0 Å². The molecule has 1 N–H and O–H groups in total. The predicted octanol–water partition coefficient (Wildman–Crippen LogP) is 1.70. The number of halogens is 2. The van der Waals surface area contributed by atoms with E-state index in [1.807, 2.05) is 0 Å². The second kappa shape index (κ2) is 4.38. The SMILES string of the molecule is O=C(NCc1ccco1)C(Cl)Cl. The molecule has 5 heteroatoms. The first-order chi connectivity index (χ1) is 5.70. The molecule has 3 nitrogen and oxygen atoms in total. The monoisotopic (exact) mass is 207 g/mol. The molecule has 0 saturated carbocycles. The summed E-state index contributed by atoms with van der Waals surface area (Å²) in [5.41, 5.74) is 0. The van der Waals surface area contributed by atoms with Gasteiger partial charge in [-0.05, 0) is 12.1 Å². The van der Waals surface area contributed by atoms with Gasteiger partial charge >= 0.3 is 0 Å². The zero-order valence-corrected chi connectivity index (χ0v) is 7.60. The molecule has 0 aromatic carbocycles. The Morgan fingerprint density at radius 1 is 1.67 bits per heavy atom. The fourth-order valence-electron chi connectivity index (χ4n) is 0.665. The van der Waals surface area contributed by atoms with Crippen LogP contribution in [-0.2, 0) is 11.3 Å². The Kier molecular flexibility index (Phi) is 3.44. The molecule has 1 rings (SSSR count). The Morgan fingerprint density at radius 2 is 2.42 bits per heavy atom. The fourth-order valence-corrected chi connectivity index (χ4v) is 0.819. The summed E-state index contributed by atoms with van der Waals surface area (Å²) in [7, 11) is 0. The van der Waals surface area contributed by atoms with Crippen molar-refractivity contribution in [1.82, 2.24) is 5.32 Å². The summed E-state index contributed by atoms with van der Waals surface area (Å²) in [4.78, 5) is 9.79. The van der Waals surface area contributed by atoms with E-state index in [9.17, 15) is 4.79 Å². The van der Waals surface area contributed by atoms with Crippen LogP contribution >= 0.6 is 23.2 Å². The van der Waals surface area contributed by atoms with Gasteiger partial charge in [0, 0.05) is 0 Å². The van der Waals surface area contributed by atoms with E-state index in [-0.39, 0.29) is 0 Å². The van der Waals surface area contributed by atoms with Gasteiger partial charge in [0.2, 0.25) is 0 Å². The van der Waals surface area contributed by atoms with Gasteiger partial charge in [-0.15, -0.1) is 0 Å². The zero-order valence-electron chi connectivity index (χ0n) is 6.09. The van der Waals surface area contributed by atoms with E-state index in [0.29, 0.717) is 12.3 Å². The highest BCUT2D eigenvalue weighted by atomic mass is 35.5. The van der Waals surface area contributed by atoms with E-state index in [0.717, 1.165) is 0 Å². The molecule has 12 heavy (non-hydrogen) atoms. The third kappa shape index (κ3) is 2.75. The summed E-state index contributed by atoms with van der Waals surface area (Å²) in [5, 5.41) is 2.49. The molecule has 0 aliphatic rings. The molecule has 0 aliphatic carbocycles. The molecule has 0 aliphatic heterocycles. The van der Waals surface area contributed by atoms with E-state index in [2.05, 4.69) is 5.32 Å². The average molecular weight is 208 g/mol. The molecular formula is C7H7Cl2NO2. The Labute approximate surface area is 79.6 Å². The molecule has 0 fully saturated rings. The zero-order chi connectivity index (χ0) is 8.97. The molecule has 1 aromatic heterocycles. The second-order valence-corrected chi connectivity index (χ2v) is 3.19. The van der Waals surface area contributed by atoms with Crippen molar-refractivity contribution >= 4 is 29.1 Å². The van der Waals surface area contributed by atoms with Gasteiger partial charge in [0.15, 0.2) is 4.84 Å². The summed E-state index contributed by atoms with van der Waals surface area (Å²) in [6.45, 7) is 0.307. The number of rotatable bonds is 3. The van der Waals surface area contributed by atoms with Crippen LogP contribution < -0.4 is 5.32 Å². The van der Waals surface area contributed by atoms with Gasteiger partial charge in [-0.1, -0.05) is 23.2 Å². The lowest BCUT2D eigenvalue weighted by Crippen LogP contribution is -2.27. The van der Waals surface area contributed by atoms with E-state index in [4.69, 9.17) is 27.6 Å². The van der Waals surface area contributed by atoms with Crippen LogP contribution in [0.4, 0.5) is 0 Å². The number of nitrogens with one attached hydrogen (secondary N) is 1. The van der Waals surface area contributed by atoms with Crippen LogP contribution in [0.3, 0.4) is 0 Å². The van der Waals surface area contributed by atoms with E-state index >= 15 is 0 Å². The second-order valence-electron chi connectivity index (χ2n) is 2.10. The Hall–Kier alpha value is -0.670. The maximum atomic E-state index is 10.8. The summed E-state index contributed by atoms with van der Waals surface area (Å²) in [6, 6.07) is 3.48. The van der Waals surface area contributed by atoms with Crippen molar-refractivity contribution in [2.75, 3.05) is 0 Å². The number of hydrogen-bond acceptors (Lipinski definition) is 2. The molecule has 1 aromatic rings. The number of furan rings is 1. The number of carbonyl (C=O) groups excluding carboxylic acids is 1. The normalized spacial score (nSPS) is 10.2. The van der Waals surface area contributed by atoms with Gasteiger partial charge < -0.3 is 9.73 Å². The maximum absolute atomic E-state index is 10.8. The minimum atomic E-state index is -1.03. The lowest BCUT2D eigenvalue weighted by atomic mass is 10.4. The van der Waals surface area contributed by atoms with Crippen molar-refractivity contribution < 1.29 is 9.21 Å². The van der Waals surface area contributed by atoms with Crippen molar-refractivity contribution in [3.8, 4) is 0 Å². The van der Waals surface area contributed by atoms with Crippen molar-refractivity contribution in [2.24, 2.45) is 0 Å². The summed E-state index contributed by atoms with van der Waals surface area (Å²) < 4.78 is 4.96. The van der Waals surface area contributed by atoms with Crippen LogP contribution in [0.1, 0.15) is 5.76 Å². The highest BCUT2D eigenvalue weighted by molar-refractivity contribution is 6.53. The highest BCUT2D eigenvalue weighted by Gasteiger charge is 2.10. The molecule has 1 heterocycles. The number of hydrogen-bond donors (Lipinski definition) is 1.